The first-order valence-electron chi connectivity index (χ1n) is 7.11. The van der Waals surface area contributed by atoms with E-state index in [2.05, 4.69) is 26.8 Å². The Morgan fingerprint density at radius 3 is 2.60 bits per heavy atom. The summed E-state index contributed by atoms with van der Waals surface area (Å²) in [6, 6.07) is 9.62. The van der Waals surface area contributed by atoms with E-state index >= 15 is 0 Å². The molecule has 1 rings (SSSR count). The van der Waals surface area contributed by atoms with Crippen LogP contribution in [0.15, 0.2) is 54.3 Å². The van der Waals surface area contributed by atoms with Gasteiger partial charge in [-0.2, -0.15) is 0 Å². The Kier molecular flexibility index (Phi) is 7.41. The van der Waals surface area contributed by atoms with Gasteiger partial charge in [0.2, 0.25) is 0 Å². The second-order valence-corrected chi connectivity index (χ2v) is 5.32. The summed E-state index contributed by atoms with van der Waals surface area (Å²) >= 11 is 0. The summed E-state index contributed by atoms with van der Waals surface area (Å²) in [6.07, 6.45) is 7.99. The predicted octanol–water partition coefficient (Wildman–Crippen LogP) is 4.67. The van der Waals surface area contributed by atoms with Crippen molar-refractivity contribution >= 4 is 5.97 Å². The maximum atomic E-state index is 11.6. The largest absolute Gasteiger partial charge is 0.435 e. The van der Waals surface area contributed by atoms with E-state index in [0.717, 1.165) is 18.4 Å². The lowest BCUT2D eigenvalue weighted by Gasteiger charge is -2.04. The van der Waals surface area contributed by atoms with Crippen LogP contribution in [0.2, 0.25) is 0 Å². The lowest BCUT2D eigenvalue weighted by atomic mass is 10.0. The van der Waals surface area contributed by atoms with Crippen LogP contribution in [0.4, 0.5) is 0 Å². The molecule has 0 bridgehead atoms. The molecule has 2 nitrogen and oxygen atoms in total. The molecular weight excluding hydrogens is 248 g/mol. The molecule has 0 aromatic heterocycles. The average molecular weight is 272 g/mol. The minimum absolute atomic E-state index is 0.218. The van der Waals surface area contributed by atoms with Crippen molar-refractivity contribution in [3.8, 4) is 0 Å². The van der Waals surface area contributed by atoms with Gasteiger partial charge in [-0.05, 0) is 44.2 Å². The summed E-state index contributed by atoms with van der Waals surface area (Å²) in [4.78, 5) is 11.6. The Morgan fingerprint density at radius 2 is 1.95 bits per heavy atom. The summed E-state index contributed by atoms with van der Waals surface area (Å²) in [6.45, 7) is 6.41. The van der Waals surface area contributed by atoms with Crippen molar-refractivity contribution < 1.29 is 9.53 Å². The fraction of sp³-hybridized carbons (Fsp3) is 0.389. The van der Waals surface area contributed by atoms with Crippen molar-refractivity contribution in [2.45, 2.75) is 40.0 Å². The third-order valence-electron chi connectivity index (χ3n) is 2.89. The Bertz CT molecular complexity index is 454. The Balaban J connectivity index is 2.21. The molecule has 20 heavy (non-hydrogen) atoms. The predicted molar refractivity (Wildman–Crippen MR) is 83.2 cm³/mol. The van der Waals surface area contributed by atoms with E-state index in [1.54, 1.807) is 0 Å². The number of carbonyl (C=O) groups is 1. The molecule has 0 saturated carbocycles. The van der Waals surface area contributed by atoms with Gasteiger partial charge in [0.15, 0.2) is 0 Å². The van der Waals surface area contributed by atoms with Crippen LogP contribution in [0.5, 0.6) is 0 Å². The van der Waals surface area contributed by atoms with Crippen LogP contribution in [0.3, 0.4) is 0 Å². The van der Waals surface area contributed by atoms with Crippen molar-refractivity contribution in [2.24, 2.45) is 5.92 Å². The normalized spacial score (nSPS) is 12.2. The molecule has 0 amide bonds. The van der Waals surface area contributed by atoms with Gasteiger partial charge in [0.25, 0.3) is 0 Å². The lowest BCUT2D eigenvalue weighted by Crippen LogP contribution is -2.03. The fourth-order valence-corrected chi connectivity index (χ4v) is 2.01. The summed E-state index contributed by atoms with van der Waals surface area (Å²) in [5, 5.41) is 0. The summed E-state index contributed by atoms with van der Waals surface area (Å²) in [5.41, 5.74) is 2.32. The number of benzene rings is 1. The minimum Gasteiger partial charge on any atom is -0.435 e. The van der Waals surface area contributed by atoms with Gasteiger partial charge in [-0.3, -0.25) is 4.79 Å². The van der Waals surface area contributed by atoms with E-state index in [-0.39, 0.29) is 5.97 Å². The molecule has 0 heterocycles. The number of hydrogen-bond acceptors (Lipinski definition) is 2. The molecule has 2 heteroatoms. The highest BCUT2D eigenvalue weighted by Crippen LogP contribution is 2.10. The van der Waals surface area contributed by atoms with Gasteiger partial charge in [-0.15, -0.1) is 0 Å². The van der Waals surface area contributed by atoms with Crippen molar-refractivity contribution in [3.63, 3.8) is 0 Å². The van der Waals surface area contributed by atoms with Crippen molar-refractivity contribution in [1.29, 1.82) is 0 Å². The zero-order chi connectivity index (χ0) is 14.8. The summed E-state index contributed by atoms with van der Waals surface area (Å²) in [7, 11) is 0. The molecule has 0 radical (unpaired) electrons. The van der Waals surface area contributed by atoms with Gasteiger partial charge >= 0.3 is 5.97 Å². The minimum atomic E-state index is -0.218. The van der Waals surface area contributed by atoms with Crippen molar-refractivity contribution in [1.82, 2.24) is 0 Å². The first-order valence-corrected chi connectivity index (χ1v) is 7.11. The van der Waals surface area contributed by atoms with Crippen LogP contribution in [0, 0.1) is 5.92 Å². The summed E-state index contributed by atoms with van der Waals surface area (Å²) < 4.78 is 5.07. The molecule has 0 N–H and O–H groups in total. The smallest absolute Gasteiger partial charge is 0.315 e. The van der Waals surface area contributed by atoms with Gasteiger partial charge in [0.05, 0.1) is 12.7 Å². The van der Waals surface area contributed by atoms with Crippen LogP contribution in [-0.2, 0) is 16.0 Å². The Labute approximate surface area is 122 Å². The van der Waals surface area contributed by atoms with E-state index in [1.807, 2.05) is 36.4 Å². The van der Waals surface area contributed by atoms with E-state index in [1.165, 1.54) is 11.8 Å². The SMILES string of the molecule is CC(C)=CC(C)CC/C=C/OC(=O)Cc1ccccc1. The van der Waals surface area contributed by atoms with Crippen LogP contribution in [-0.4, -0.2) is 5.97 Å². The quantitative estimate of drug-likeness (QED) is 0.409. The monoisotopic (exact) mass is 272 g/mol. The standard InChI is InChI=1S/C18H24O2/c1-15(2)13-16(3)9-7-8-12-20-18(19)14-17-10-5-4-6-11-17/h4-6,8,10-13,16H,7,9,14H2,1-3H3/b12-8+. The number of carbonyl (C=O) groups excluding carboxylic acids is 1. The summed E-state index contributed by atoms with van der Waals surface area (Å²) in [5.74, 6) is 0.342. The number of allylic oxidation sites excluding steroid dienone is 3. The number of ether oxygens (including phenoxy) is 1. The van der Waals surface area contributed by atoms with E-state index in [4.69, 9.17) is 4.74 Å². The van der Waals surface area contributed by atoms with E-state index < -0.39 is 0 Å². The van der Waals surface area contributed by atoms with Crippen molar-refractivity contribution in [3.05, 3.63) is 59.9 Å². The lowest BCUT2D eigenvalue weighted by molar-refractivity contribution is -0.137. The Hall–Kier alpha value is -1.83. The van der Waals surface area contributed by atoms with Gasteiger partial charge in [0.1, 0.15) is 0 Å². The Morgan fingerprint density at radius 1 is 1.25 bits per heavy atom. The maximum Gasteiger partial charge on any atom is 0.315 e. The number of esters is 1. The molecule has 1 aromatic carbocycles. The van der Waals surface area contributed by atoms with Gasteiger partial charge in [-0.25, -0.2) is 0 Å². The molecule has 0 aliphatic carbocycles. The number of rotatable bonds is 7. The zero-order valence-electron chi connectivity index (χ0n) is 12.6. The van der Waals surface area contributed by atoms with Crippen molar-refractivity contribution in [2.75, 3.05) is 0 Å². The number of hydrogen-bond donors (Lipinski definition) is 0. The molecule has 0 spiro atoms. The second kappa shape index (κ2) is 9.13. The molecule has 0 aliphatic heterocycles. The van der Waals surface area contributed by atoms with E-state index in [0.29, 0.717) is 12.3 Å². The molecule has 0 saturated heterocycles. The fourth-order valence-electron chi connectivity index (χ4n) is 2.01. The molecule has 0 aliphatic rings. The third-order valence-corrected chi connectivity index (χ3v) is 2.89. The van der Waals surface area contributed by atoms with Crippen LogP contribution in [0.25, 0.3) is 0 Å². The highest BCUT2D eigenvalue weighted by Gasteiger charge is 2.02. The molecule has 0 fully saturated rings. The second-order valence-electron chi connectivity index (χ2n) is 5.32. The van der Waals surface area contributed by atoms with Gasteiger partial charge < -0.3 is 4.74 Å². The first-order chi connectivity index (χ1) is 9.58. The highest BCUT2D eigenvalue weighted by molar-refractivity contribution is 5.73. The zero-order valence-corrected chi connectivity index (χ0v) is 12.6. The maximum absolute atomic E-state index is 11.6. The first kappa shape index (κ1) is 16.2. The van der Waals surface area contributed by atoms with Crippen LogP contribution in [0.1, 0.15) is 39.2 Å². The molecular formula is C18H24O2. The topological polar surface area (TPSA) is 26.3 Å². The molecule has 108 valence electrons. The van der Waals surface area contributed by atoms with E-state index in [9.17, 15) is 4.79 Å². The van der Waals surface area contributed by atoms with Gasteiger partial charge in [-0.1, -0.05) is 48.9 Å². The molecule has 1 atom stereocenters. The van der Waals surface area contributed by atoms with Crippen LogP contribution >= 0.6 is 0 Å². The average Bonchev–Trinajstić information content (AvgIpc) is 2.38. The van der Waals surface area contributed by atoms with Gasteiger partial charge in [0, 0.05) is 0 Å². The van der Waals surface area contributed by atoms with Crippen LogP contribution < -0.4 is 0 Å². The molecule has 1 unspecified atom stereocenters. The third kappa shape index (κ3) is 7.57. The molecule has 1 aromatic rings. The highest BCUT2D eigenvalue weighted by atomic mass is 16.5.